The molecule has 1 unspecified atom stereocenters. The van der Waals surface area contributed by atoms with Crippen molar-refractivity contribution in [3.05, 3.63) is 28.6 Å². The summed E-state index contributed by atoms with van der Waals surface area (Å²) >= 11 is 3.47. The van der Waals surface area contributed by atoms with E-state index in [9.17, 15) is 0 Å². The Kier molecular flexibility index (Phi) is 3.16. The van der Waals surface area contributed by atoms with Crippen molar-refractivity contribution in [1.29, 1.82) is 0 Å². The van der Waals surface area contributed by atoms with Crippen molar-refractivity contribution < 1.29 is 4.42 Å². The number of benzene rings is 1. The minimum atomic E-state index is 0.0732. The van der Waals surface area contributed by atoms with Crippen molar-refractivity contribution in [1.82, 2.24) is 10.3 Å². The Bertz CT molecular complexity index is 558. The van der Waals surface area contributed by atoms with Crippen LogP contribution in [0, 0.1) is 0 Å². The van der Waals surface area contributed by atoms with E-state index in [1.807, 2.05) is 18.2 Å². The number of oxazole rings is 1. The fourth-order valence-electron chi connectivity index (χ4n) is 2.73. The van der Waals surface area contributed by atoms with Gasteiger partial charge in [0.1, 0.15) is 5.52 Å². The zero-order valence-corrected chi connectivity index (χ0v) is 12.1. The van der Waals surface area contributed by atoms with Crippen LogP contribution in [0.4, 0.5) is 0 Å². The Morgan fingerprint density at radius 3 is 3.11 bits per heavy atom. The van der Waals surface area contributed by atoms with Gasteiger partial charge in [0.05, 0.1) is 5.41 Å². The third-order valence-corrected chi connectivity index (χ3v) is 4.45. The molecule has 1 aromatic carbocycles. The lowest BCUT2D eigenvalue weighted by Crippen LogP contribution is -2.43. The smallest absolute Gasteiger partial charge is 0.202 e. The second kappa shape index (κ2) is 4.67. The minimum Gasteiger partial charge on any atom is -0.440 e. The van der Waals surface area contributed by atoms with Gasteiger partial charge in [-0.2, -0.15) is 0 Å². The van der Waals surface area contributed by atoms with Gasteiger partial charge in [-0.25, -0.2) is 4.98 Å². The van der Waals surface area contributed by atoms with Gasteiger partial charge in [-0.05, 0) is 44.0 Å². The quantitative estimate of drug-likeness (QED) is 0.921. The van der Waals surface area contributed by atoms with Crippen LogP contribution < -0.4 is 5.32 Å². The fraction of sp³-hybridized carbons (Fsp3) is 0.500. The van der Waals surface area contributed by atoms with Gasteiger partial charge in [-0.1, -0.05) is 22.9 Å². The SMILES string of the molecule is CCC1(c2nc3cc(Br)ccc3o2)CCCNC1. The van der Waals surface area contributed by atoms with E-state index in [2.05, 4.69) is 28.2 Å². The second-order valence-corrected chi connectivity index (χ2v) is 5.96. The van der Waals surface area contributed by atoms with Gasteiger partial charge in [0, 0.05) is 11.0 Å². The van der Waals surface area contributed by atoms with Crippen molar-refractivity contribution in [3.63, 3.8) is 0 Å². The van der Waals surface area contributed by atoms with E-state index in [0.29, 0.717) is 0 Å². The fourth-order valence-corrected chi connectivity index (χ4v) is 3.08. The zero-order valence-electron chi connectivity index (χ0n) is 10.5. The number of fused-ring (bicyclic) bond motifs is 1. The summed E-state index contributed by atoms with van der Waals surface area (Å²) in [6.45, 7) is 4.29. The second-order valence-electron chi connectivity index (χ2n) is 5.05. The van der Waals surface area contributed by atoms with Crippen LogP contribution in [0.5, 0.6) is 0 Å². The maximum atomic E-state index is 5.98. The Balaban J connectivity index is 2.06. The van der Waals surface area contributed by atoms with Crippen LogP contribution in [0.3, 0.4) is 0 Å². The van der Waals surface area contributed by atoms with Crippen LogP contribution >= 0.6 is 15.9 Å². The van der Waals surface area contributed by atoms with Crippen molar-refractivity contribution in [3.8, 4) is 0 Å². The van der Waals surface area contributed by atoms with Gasteiger partial charge in [0.15, 0.2) is 5.58 Å². The molecule has 0 aliphatic carbocycles. The molecule has 1 aliphatic rings. The van der Waals surface area contributed by atoms with Crippen LogP contribution in [-0.4, -0.2) is 18.1 Å². The molecule has 1 atom stereocenters. The monoisotopic (exact) mass is 308 g/mol. The van der Waals surface area contributed by atoms with E-state index in [4.69, 9.17) is 9.40 Å². The molecule has 3 nitrogen and oxygen atoms in total. The van der Waals surface area contributed by atoms with Gasteiger partial charge in [-0.15, -0.1) is 0 Å². The first kappa shape index (κ1) is 12.2. The van der Waals surface area contributed by atoms with Gasteiger partial charge >= 0.3 is 0 Å². The predicted molar refractivity (Wildman–Crippen MR) is 75.8 cm³/mol. The summed E-state index contributed by atoms with van der Waals surface area (Å²) in [6, 6.07) is 5.99. The molecule has 0 saturated carbocycles. The first-order valence-electron chi connectivity index (χ1n) is 6.51. The molecular formula is C14H17BrN2O. The lowest BCUT2D eigenvalue weighted by Gasteiger charge is -2.33. The number of nitrogens with one attached hydrogen (secondary N) is 1. The Hall–Kier alpha value is -0.870. The Labute approximate surface area is 115 Å². The highest BCUT2D eigenvalue weighted by Gasteiger charge is 2.36. The van der Waals surface area contributed by atoms with Crippen molar-refractivity contribution in [2.45, 2.75) is 31.6 Å². The molecule has 0 amide bonds. The highest BCUT2D eigenvalue weighted by Crippen LogP contribution is 2.35. The van der Waals surface area contributed by atoms with Crippen LogP contribution in [0.2, 0.25) is 0 Å². The number of nitrogens with zero attached hydrogens (tertiary/aromatic N) is 1. The maximum Gasteiger partial charge on any atom is 0.202 e. The molecule has 1 N–H and O–H groups in total. The van der Waals surface area contributed by atoms with Crippen LogP contribution in [-0.2, 0) is 5.41 Å². The van der Waals surface area contributed by atoms with E-state index in [-0.39, 0.29) is 5.41 Å². The predicted octanol–water partition coefficient (Wildman–Crippen LogP) is 3.62. The lowest BCUT2D eigenvalue weighted by molar-refractivity contribution is 0.249. The third kappa shape index (κ3) is 1.97. The molecule has 3 rings (SSSR count). The summed E-state index contributed by atoms with van der Waals surface area (Å²) < 4.78 is 7.03. The average Bonchev–Trinajstić information content (AvgIpc) is 2.83. The van der Waals surface area contributed by atoms with E-state index >= 15 is 0 Å². The van der Waals surface area contributed by atoms with Gasteiger partial charge in [0.2, 0.25) is 5.89 Å². The Morgan fingerprint density at radius 1 is 1.50 bits per heavy atom. The molecule has 1 aromatic heterocycles. The number of aromatic nitrogens is 1. The van der Waals surface area contributed by atoms with Crippen molar-refractivity contribution >= 4 is 27.0 Å². The van der Waals surface area contributed by atoms with Crippen LogP contribution in [0.25, 0.3) is 11.1 Å². The van der Waals surface area contributed by atoms with Gasteiger partial charge in [0.25, 0.3) is 0 Å². The van der Waals surface area contributed by atoms with Crippen molar-refractivity contribution in [2.75, 3.05) is 13.1 Å². The van der Waals surface area contributed by atoms with Crippen LogP contribution in [0.15, 0.2) is 27.1 Å². The van der Waals surface area contributed by atoms with E-state index in [0.717, 1.165) is 47.4 Å². The summed E-state index contributed by atoms with van der Waals surface area (Å²) in [7, 11) is 0. The molecule has 96 valence electrons. The molecule has 1 fully saturated rings. The molecule has 1 aliphatic heterocycles. The molecule has 0 radical (unpaired) electrons. The largest absolute Gasteiger partial charge is 0.440 e. The normalized spacial score (nSPS) is 24.6. The highest BCUT2D eigenvalue weighted by molar-refractivity contribution is 9.10. The number of hydrogen-bond donors (Lipinski definition) is 1. The molecule has 1 saturated heterocycles. The summed E-state index contributed by atoms with van der Waals surface area (Å²) in [4.78, 5) is 4.70. The molecule has 0 spiro atoms. The summed E-state index contributed by atoms with van der Waals surface area (Å²) in [6.07, 6.45) is 3.41. The van der Waals surface area contributed by atoms with E-state index < -0.39 is 0 Å². The van der Waals surface area contributed by atoms with Crippen LogP contribution in [0.1, 0.15) is 32.1 Å². The number of hydrogen-bond acceptors (Lipinski definition) is 3. The van der Waals surface area contributed by atoms with Crippen molar-refractivity contribution in [2.24, 2.45) is 0 Å². The summed E-state index contributed by atoms with van der Waals surface area (Å²) in [5.41, 5.74) is 1.90. The minimum absolute atomic E-state index is 0.0732. The molecule has 2 heterocycles. The first-order valence-corrected chi connectivity index (χ1v) is 7.30. The summed E-state index contributed by atoms with van der Waals surface area (Å²) in [5.74, 6) is 0.894. The molecular weight excluding hydrogens is 292 g/mol. The molecule has 2 aromatic rings. The van der Waals surface area contributed by atoms with Gasteiger partial charge < -0.3 is 9.73 Å². The summed E-state index contributed by atoms with van der Waals surface area (Å²) in [5, 5.41) is 3.47. The molecule has 4 heteroatoms. The first-order chi connectivity index (χ1) is 8.73. The van der Waals surface area contributed by atoms with E-state index in [1.54, 1.807) is 0 Å². The Morgan fingerprint density at radius 2 is 2.39 bits per heavy atom. The maximum absolute atomic E-state index is 5.98. The van der Waals surface area contributed by atoms with E-state index in [1.165, 1.54) is 6.42 Å². The van der Waals surface area contributed by atoms with Gasteiger partial charge in [-0.3, -0.25) is 0 Å². The number of rotatable bonds is 2. The third-order valence-electron chi connectivity index (χ3n) is 3.95. The lowest BCUT2D eigenvalue weighted by atomic mass is 9.78. The average molecular weight is 309 g/mol. The topological polar surface area (TPSA) is 38.1 Å². The molecule has 0 bridgehead atoms. The number of halogens is 1. The zero-order chi connectivity index (χ0) is 12.6. The highest BCUT2D eigenvalue weighted by atomic mass is 79.9. The standard InChI is InChI=1S/C14H17BrN2O/c1-2-14(6-3-7-16-9-14)13-17-11-8-10(15)4-5-12(11)18-13/h4-5,8,16H,2-3,6-7,9H2,1H3. The molecule has 18 heavy (non-hydrogen) atoms. The number of piperidine rings is 1.